The van der Waals surface area contributed by atoms with E-state index >= 15 is 0 Å². The highest BCUT2D eigenvalue weighted by molar-refractivity contribution is 6.29. The van der Waals surface area contributed by atoms with E-state index in [1.807, 2.05) is 10.7 Å². The van der Waals surface area contributed by atoms with Gasteiger partial charge in [0.05, 0.1) is 11.7 Å². The fourth-order valence-corrected chi connectivity index (χ4v) is 3.73. The Kier molecular flexibility index (Phi) is 4.06. The minimum Gasteiger partial charge on any atom is -0.488 e. The minimum atomic E-state index is -0.0482. The van der Waals surface area contributed by atoms with Gasteiger partial charge in [0.1, 0.15) is 17.0 Å². The summed E-state index contributed by atoms with van der Waals surface area (Å²) in [7, 11) is 0. The van der Waals surface area contributed by atoms with Crippen molar-refractivity contribution in [2.75, 3.05) is 6.61 Å². The molecule has 0 amide bonds. The van der Waals surface area contributed by atoms with E-state index in [-0.39, 0.29) is 11.8 Å². The zero-order chi connectivity index (χ0) is 18.4. The molecule has 3 aromatic rings. The van der Waals surface area contributed by atoms with Gasteiger partial charge in [-0.2, -0.15) is 10.2 Å². The highest BCUT2D eigenvalue weighted by atomic mass is 35.5. The van der Waals surface area contributed by atoms with Crippen LogP contribution in [0.1, 0.15) is 45.3 Å². The molecule has 1 atom stereocenters. The maximum Gasteiger partial charge on any atom is 0.152 e. The van der Waals surface area contributed by atoms with Crippen LogP contribution in [-0.2, 0) is 4.74 Å². The summed E-state index contributed by atoms with van der Waals surface area (Å²) in [5.41, 5.74) is 2.66. The van der Waals surface area contributed by atoms with Gasteiger partial charge in [-0.3, -0.25) is 0 Å². The van der Waals surface area contributed by atoms with Gasteiger partial charge in [0.2, 0.25) is 0 Å². The van der Waals surface area contributed by atoms with Crippen LogP contribution < -0.4 is 4.74 Å². The molecule has 1 aliphatic carbocycles. The SMILES string of the molecule is CC1(Oc2ccc3c(c2)c(-c2cnnc(Cl)c2)nn3C2CCCCO2)CC1. The van der Waals surface area contributed by atoms with Crippen molar-refractivity contribution in [1.82, 2.24) is 20.0 Å². The molecule has 1 saturated carbocycles. The number of nitrogens with zero attached hydrogens (tertiary/aromatic N) is 4. The van der Waals surface area contributed by atoms with E-state index in [1.54, 1.807) is 12.3 Å². The van der Waals surface area contributed by atoms with Crippen LogP contribution in [0, 0.1) is 0 Å². The quantitative estimate of drug-likeness (QED) is 0.647. The van der Waals surface area contributed by atoms with Crippen molar-refractivity contribution < 1.29 is 9.47 Å². The van der Waals surface area contributed by atoms with Crippen LogP contribution in [0.2, 0.25) is 5.15 Å². The predicted octanol–water partition coefficient (Wildman–Crippen LogP) is 4.78. The summed E-state index contributed by atoms with van der Waals surface area (Å²) in [6.45, 7) is 2.91. The number of ether oxygens (including phenoxy) is 2. The molecule has 2 aromatic heterocycles. The monoisotopic (exact) mass is 384 g/mol. The molecule has 1 saturated heterocycles. The smallest absolute Gasteiger partial charge is 0.152 e. The number of halogens is 1. The topological polar surface area (TPSA) is 62.1 Å². The third kappa shape index (κ3) is 3.28. The van der Waals surface area contributed by atoms with Gasteiger partial charge in [0, 0.05) is 17.6 Å². The highest BCUT2D eigenvalue weighted by Crippen LogP contribution is 2.41. The molecule has 6 nitrogen and oxygen atoms in total. The molecule has 0 bridgehead atoms. The summed E-state index contributed by atoms with van der Waals surface area (Å²) in [5.74, 6) is 0.862. The number of aromatic nitrogens is 4. The first-order chi connectivity index (χ1) is 13.1. The van der Waals surface area contributed by atoms with Gasteiger partial charge < -0.3 is 9.47 Å². The van der Waals surface area contributed by atoms with Gasteiger partial charge in [0.15, 0.2) is 11.4 Å². The number of hydrogen-bond donors (Lipinski definition) is 0. The molecular formula is C20H21ClN4O2. The number of rotatable bonds is 4. The molecule has 1 aliphatic heterocycles. The van der Waals surface area contributed by atoms with Crippen LogP contribution in [0.5, 0.6) is 5.75 Å². The standard InChI is InChI=1S/C20H21ClN4O2/c1-20(7-8-20)27-14-5-6-16-15(11-14)19(13-10-17(21)23-22-12-13)24-25(16)18-4-2-3-9-26-18/h5-6,10-12,18H,2-4,7-9H2,1H3. The lowest BCUT2D eigenvalue weighted by Gasteiger charge is -2.23. The highest BCUT2D eigenvalue weighted by Gasteiger charge is 2.40. The van der Waals surface area contributed by atoms with Crippen LogP contribution in [0.3, 0.4) is 0 Å². The Morgan fingerprint density at radius 1 is 1.26 bits per heavy atom. The lowest BCUT2D eigenvalue weighted by Crippen LogP contribution is -2.19. The fraction of sp³-hybridized carbons (Fsp3) is 0.450. The van der Waals surface area contributed by atoms with Crippen molar-refractivity contribution in [2.24, 2.45) is 0 Å². The van der Waals surface area contributed by atoms with Gasteiger partial charge in [-0.05, 0) is 63.3 Å². The van der Waals surface area contributed by atoms with Gasteiger partial charge in [-0.1, -0.05) is 11.6 Å². The summed E-state index contributed by atoms with van der Waals surface area (Å²) in [6, 6.07) is 7.95. The molecule has 0 radical (unpaired) electrons. The molecule has 3 heterocycles. The molecule has 140 valence electrons. The maximum absolute atomic E-state index is 6.17. The second-order valence-electron chi connectivity index (χ2n) is 7.61. The van der Waals surface area contributed by atoms with Gasteiger partial charge >= 0.3 is 0 Å². The second kappa shape index (κ2) is 6.46. The molecular weight excluding hydrogens is 364 g/mol. The molecule has 27 heavy (non-hydrogen) atoms. The molecule has 7 heteroatoms. The van der Waals surface area contributed by atoms with Crippen molar-refractivity contribution in [3.05, 3.63) is 35.6 Å². The van der Waals surface area contributed by atoms with Crippen molar-refractivity contribution in [1.29, 1.82) is 0 Å². The van der Waals surface area contributed by atoms with Crippen LogP contribution in [-0.4, -0.2) is 32.2 Å². The van der Waals surface area contributed by atoms with Gasteiger partial charge in [-0.15, -0.1) is 5.10 Å². The van der Waals surface area contributed by atoms with E-state index < -0.39 is 0 Å². The average Bonchev–Trinajstić information content (AvgIpc) is 3.28. The Balaban J connectivity index is 1.64. The van der Waals surface area contributed by atoms with E-state index in [2.05, 4.69) is 29.3 Å². The van der Waals surface area contributed by atoms with Crippen molar-refractivity contribution >= 4 is 22.5 Å². The predicted molar refractivity (Wildman–Crippen MR) is 103 cm³/mol. The molecule has 5 rings (SSSR count). The van der Waals surface area contributed by atoms with Crippen LogP contribution >= 0.6 is 11.6 Å². The first kappa shape index (κ1) is 17.0. The summed E-state index contributed by atoms with van der Waals surface area (Å²) >= 11 is 6.07. The summed E-state index contributed by atoms with van der Waals surface area (Å²) < 4.78 is 14.1. The Bertz CT molecular complexity index is 993. The lowest BCUT2D eigenvalue weighted by molar-refractivity contribution is -0.0365. The van der Waals surface area contributed by atoms with E-state index in [1.165, 1.54) is 0 Å². The van der Waals surface area contributed by atoms with Gasteiger partial charge in [0.25, 0.3) is 0 Å². The van der Waals surface area contributed by atoms with Crippen molar-refractivity contribution in [2.45, 2.75) is 50.9 Å². The van der Waals surface area contributed by atoms with E-state index in [0.29, 0.717) is 5.15 Å². The Hall–Kier alpha value is -2.18. The third-order valence-electron chi connectivity index (χ3n) is 5.32. The first-order valence-electron chi connectivity index (χ1n) is 9.43. The second-order valence-corrected chi connectivity index (χ2v) is 8.00. The molecule has 0 N–H and O–H groups in total. The molecule has 2 aliphatic rings. The first-order valence-corrected chi connectivity index (χ1v) is 9.81. The Labute approximate surface area is 162 Å². The maximum atomic E-state index is 6.17. The summed E-state index contributed by atoms with van der Waals surface area (Å²) in [6.07, 6.45) is 7.03. The van der Waals surface area contributed by atoms with Crippen LogP contribution in [0.4, 0.5) is 0 Å². The van der Waals surface area contributed by atoms with Crippen LogP contribution in [0.25, 0.3) is 22.2 Å². The molecule has 1 aromatic carbocycles. The third-order valence-corrected chi connectivity index (χ3v) is 5.51. The fourth-order valence-electron chi connectivity index (χ4n) is 3.57. The largest absolute Gasteiger partial charge is 0.488 e. The van der Waals surface area contributed by atoms with E-state index in [9.17, 15) is 0 Å². The van der Waals surface area contributed by atoms with Crippen LogP contribution in [0.15, 0.2) is 30.5 Å². The number of benzene rings is 1. The summed E-state index contributed by atoms with van der Waals surface area (Å²) in [4.78, 5) is 0. The van der Waals surface area contributed by atoms with E-state index in [4.69, 9.17) is 26.2 Å². The lowest BCUT2D eigenvalue weighted by atomic mass is 10.1. The van der Waals surface area contributed by atoms with E-state index in [0.717, 1.165) is 66.6 Å². The minimum absolute atomic E-state index is 0.0299. The average molecular weight is 385 g/mol. The number of hydrogen-bond acceptors (Lipinski definition) is 5. The number of fused-ring (bicyclic) bond motifs is 1. The molecule has 1 unspecified atom stereocenters. The summed E-state index contributed by atoms with van der Waals surface area (Å²) in [5, 5.41) is 14.1. The van der Waals surface area contributed by atoms with Crippen molar-refractivity contribution in [3.63, 3.8) is 0 Å². The Morgan fingerprint density at radius 2 is 2.15 bits per heavy atom. The zero-order valence-electron chi connectivity index (χ0n) is 15.2. The molecule has 0 spiro atoms. The molecule has 2 fully saturated rings. The Morgan fingerprint density at radius 3 is 2.89 bits per heavy atom. The van der Waals surface area contributed by atoms with Gasteiger partial charge in [-0.25, -0.2) is 4.68 Å². The van der Waals surface area contributed by atoms with Crippen molar-refractivity contribution in [3.8, 4) is 17.0 Å². The normalized spacial score (nSPS) is 21.3. The zero-order valence-corrected chi connectivity index (χ0v) is 15.9.